The fraction of sp³-hybridized carbons (Fsp3) is 0.0769. The van der Waals surface area contributed by atoms with Crippen molar-refractivity contribution in [3.63, 3.8) is 0 Å². The highest BCUT2D eigenvalue weighted by Gasteiger charge is 2.25. The predicted octanol–water partition coefficient (Wildman–Crippen LogP) is 6.43. The second-order valence-electron chi connectivity index (χ2n) is 7.26. The Balaban J connectivity index is 1.35. The van der Waals surface area contributed by atoms with Crippen LogP contribution in [-0.2, 0) is 17.4 Å². The first kappa shape index (κ1) is 20.9. The minimum Gasteiger partial charge on any atom is -0.395 e. The Morgan fingerprint density at radius 1 is 0.516 bits per heavy atom. The lowest BCUT2D eigenvalue weighted by Gasteiger charge is -2.14. The molecule has 0 atom stereocenters. The van der Waals surface area contributed by atoms with Crippen LogP contribution in [0, 0.1) is 0 Å². The summed E-state index contributed by atoms with van der Waals surface area (Å²) in [5.74, 6) is 0.562. The van der Waals surface area contributed by atoms with Gasteiger partial charge in [-0.25, -0.2) is 4.57 Å². The Hall–Kier alpha value is -3.33. The first-order valence-electron chi connectivity index (χ1n) is 10.0. The lowest BCUT2D eigenvalue weighted by atomic mass is 10.1. The summed E-state index contributed by atoms with van der Waals surface area (Å²) in [5.41, 5.74) is 4.56. The third-order valence-electron chi connectivity index (χ3n) is 4.79. The molecule has 0 bridgehead atoms. The van der Waals surface area contributed by atoms with Gasteiger partial charge in [-0.2, -0.15) is 0 Å². The fourth-order valence-corrected chi connectivity index (χ4v) is 4.10. The van der Waals surface area contributed by atoms with Gasteiger partial charge in [0.15, 0.2) is 0 Å². The van der Waals surface area contributed by atoms with E-state index >= 15 is 0 Å². The molecule has 0 saturated carbocycles. The highest BCUT2D eigenvalue weighted by molar-refractivity contribution is 7.48. The lowest BCUT2D eigenvalue weighted by Crippen LogP contribution is -2.00. The molecular formula is C26H23O4P. The summed E-state index contributed by atoms with van der Waals surface area (Å²) in [7, 11) is -4.30. The number of hydrogen-bond acceptors (Lipinski definition) is 3. The van der Waals surface area contributed by atoms with E-state index in [0.29, 0.717) is 0 Å². The van der Waals surface area contributed by atoms with Crippen LogP contribution < -0.4 is 9.05 Å². The standard InChI is InChI=1S/C26H23O4P/c27-31(28,29-25-15-11-23(12-16-25)19-21-7-3-1-4-8-21)30-26-17-13-24(14-18-26)20-22-9-5-2-6-10-22/h1-18H,19-20H2,(H,27,28). The zero-order valence-electron chi connectivity index (χ0n) is 16.9. The van der Waals surface area contributed by atoms with Crippen molar-refractivity contribution in [1.29, 1.82) is 0 Å². The molecule has 5 heteroatoms. The summed E-state index contributed by atoms with van der Waals surface area (Å²) in [4.78, 5) is 10.1. The van der Waals surface area contributed by atoms with Gasteiger partial charge in [0.1, 0.15) is 11.5 Å². The van der Waals surface area contributed by atoms with E-state index in [1.807, 2.05) is 60.7 Å². The highest BCUT2D eigenvalue weighted by atomic mass is 31.2. The quantitative estimate of drug-likeness (QED) is 0.328. The third-order valence-corrected chi connectivity index (χ3v) is 5.67. The number of benzene rings is 4. The molecule has 0 aromatic heterocycles. The Labute approximate surface area is 182 Å². The average molecular weight is 430 g/mol. The van der Waals surface area contributed by atoms with Crippen LogP contribution in [0.4, 0.5) is 0 Å². The Kier molecular flexibility index (Phi) is 6.51. The second-order valence-corrected chi connectivity index (χ2v) is 8.57. The van der Waals surface area contributed by atoms with Crippen molar-refractivity contribution in [2.75, 3.05) is 0 Å². The smallest absolute Gasteiger partial charge is 0.395 e. The molecule has 0 fully saturated rings. The molecule has 0 unspecified atom stereocenters. The summed E-state index contributed by atoms with van der Waals surface area (Å²) >= 11 is 0. The average Bonchev–Trinajstić information content (AvgIpc) is 2.78. The fourth-order valence-electron chi connectivity index (χ4n) is 3.28. The van der Waals surface area contributed by atoms with Gasteiger partial charge >= 0.3 is 7.82 Å². The van der Waals surface area contributed by atoms with Crippen molar-refractivity contribution in [1.82, 2.24) is 0 Å². The molecular weight excluding hydrogens is 407 g/mol. The molecule has 4 nitrogen and oxygen atoms in total. The van der Waals surface area contributed by atoms with Gasteiger partial charge in [-0.05, 0) is 59.4 Å². The van der Waals surface area contributed by atoms with Crippen molar-refractivity contribution in [2.45, 2.75) is 12.8 Å². The van der Waals surface area contributed by atoms with Gasteiger partial charge in [-0.1, -0.05) is 84.9 Å². The molecule has 0 heterocycles. The molecule has 0 radical (unpaired) electrons. The molecule has 4 rings (SSSR count). The van der Waals surface area contributed by atoms with Crippen LogP contribution in [0.15, 0.2) is 109 Å². The van der Waals surface area contributed by atoms with E-state index in [1.165, 1.54) is 11.1 Å². The Morgan fingerprint density at radius 2 is 0.839 bits per heavy atom. The van der Waals surface area contributed by atoms with Gasteiger partial charge in [0.25, 0.3) is 0 Å². The van der Waals surface area contributed by atoms with Crippen LogP contribution in [0.25, 0.3) is 0 Å². The zero-order chi connectivity index (χ0) is 21.5. The topological polar surface area (TPSA) is 55.8 Å². The van der Waals surface area contributed by atoms with Crippen LogP contribution >= 0.6 is 7.82 Å². The molecule has 0 spiro atoms. The molecule has 0 aliphatic heterocycles. The van der Waals surface area contributed by atoms with Crippen molar-refractivity contribution in [3.8, 4) is 11.5 Å². The van der Waals surface area contributed by atoms with Crippen molar-refractivity contribution < 1.29 is 18.5 Å². The van der Waals surface area contributed by atoms with Gasteiger partial charge < -0.3 is 9.05 Å². The van der Waals surface area contributed by atoms with Crippen LogP contribution in [0.5, 0.6) is 11.5 Å². The molecule has 1 N–H and O–H groups in total. The van der Waals surface area contributed by atoms with Crippen LogP contribution in [0.3, 0.4) is 0 Å². The first-order valence-corrected chi connectivity index (χ1v) is 11.5. The maximum absolute atomic E-state index is 12.4. The summed E-state index contributed by atoms with van der Waals surface area (Å²) in [6.45, 7) is 0. The Morgan fingerprint density at radius 3 is 1.19 bits per heavy atom. The maximum atomic E-state index is 12.4. The van der Waals surface area contributed by atoms with Crippen molar-refractivity contribution >= 4 is 7.82 Å². The van der Waals surface area contributed by atoms with E-state index in [-0.39, 0.29) is 11.5 Å². The number of hydrogen-bond donors (Lipinski definition) is 1. The summed E-state index contributed by atoms with van der Waals surface area (Å²) in [5, 5.41) is 0. The van der Waals surface area contributed by atoms with Gasteiger partial charge in [0, 0.05) is 0 Å². The molecule has 0 amide bonds. The largest absolute Gasteiger partial charge is 0.584 e. The number of phosphoric ester groups is 1. The van der Waals surface area contributed by atoms with E-state index in [9.17, 15) is 9.46 Å². The molecule has 0 aliphatic carbocycles. The summed E-state index contributed by atoms with van der Waals surface area (Å²) in [6, 6.07) is 34.4. The summed E-state index contributed by atoms with van der Waals surface area (Å²) in [6.07, 6.45) is 1.56. The lowest BCUT2D eigenvalue weighted by molar-refractivity contribution is 0.291. The number of phosphoric acid groups is 1. The van der Waals surface area contributed by atoms with Gasteiger partial charge in [0.2, 0.25) is 0 Å². The molecule has 4 aromatic carbocycles. The van der Waals surface area contributed by atoms with Crippen molar-refractivity contribution in [3.05, 3.63) is 131 Å². The molecule has 31 heavy (non-hydrogen) atoms. The highest BCUT2D eigenvalue weighted by Crippen LogP contribution is 2.44. The Bertz CT molecular complexity index is 1050. The van der Waals surface area contributed by atoms with Crippen molar-refractivity contribution in [2.24, 2.45) is 0 Å². The van der Waals surface area contributed by atoms with Gasteiger partial charge in [0.05, 0.1) is 0 Å². The predicted molar refractivity (Wildman–Crippen MR) is 122 cm³/mol. The first-order chi connectivity index (χ1) is 15.1. The molecule has 156 valence electrons. The molecule has 0 saturated heterocycles. The summed E-state index contributed by atoms with van der Waals surface area (Å²) < 4.78 is 22.9. The monoisotopic (exact) mass is 430 g/mol. The van der Waals surface area contributed by atoms with Crippen LogP contribution in [-0.4, -0.2) is 4.89 Å². The zero-order valence-corrected chi connectivity index (χ0v) is 17.8. The van der Waals surface area contributed by atoms with Gasteiger partial charge in [-0.3, -0.25) is 4.89 Å². The maximum Gasteiger partial charge on any atom is 0.584 e. The third kappa shape index (κ3) is 6.32. The van der Waals surface area contributed by atoms with E-state index in [4.69, 9.17) is 9.05 Å². The van der Waals surface area contributed by atoms with Crippen LogP contribution in [0.2, 0.25) is 0 Å². The van der Waals surface area contributed by atoms with E-state index < -0.39 is 7.82 Å². The SMILES string of the molecule is O=P(O)(Oc1ccc(Cc2ccccc2)cc1)Oc1ccc(Cc2ccccc2)cc1. The van der Waals surface area contributed by atoms with Gasteiger partial charge in [-0.15, -0.1) is 0 Å². The molecule has 4 aromatic rings. The van der Waals surface area contributed by atoms with Crippen LogP contribution in [0.1, 0.15) is 22.3 Å². The normalized spacial score (nSPS) is 11.1. The van der Waals surface area contributed by atoms with E-state index in [2.05, 4.69) is 24.3 Å². The second kappa shape index (κ2) is 9.65. The minimum atomic E-state index is -4.30. The minimum absolute atomic E-state index is 0.281. The molecule has 0 aliphatic rings. The van der Waals surface area contributed by atoms with E-state index in [1.54, 1.807) is 24.3 Å². The van der Waals surface area contributed by atoms with E-state index in [0.717, 1.165) is 24.0 Å². The number of rotatable bonds is 8.